The van der Waals surface area contributed by atoms with Gasteiger partial charge >= 0.3 is 0 Å². The van der Waals surface area contributed by atoms with Crippen LogP contribution in [0.1, 0.15) is 36.8 Å². The maximum absolute atomic E-state index is 5.33. The summed E-state index contributed by atoms with van der Waals surface area (Å²) in [6.45, 7) is 14.0. The zero-order valence-electron chi connectivity index (χ0n) is 20.7. The zero-order chi connectivity index (χ0) is 23.2. The number of benzene rings is 2. The van der Waals surface area contributed by atoms with E-state index in [4.69, 9.17) is 9.98 Å². The molecule has 0 bridgehead atoms. The van der Waals surface area contributed by atoms with E-state index in [9.17, 15) is 0 Å². The molecule has 0 aliphatic heterocycles. The Morgan fingerprint density at radius 1 is 0.625 bits per heavy atom. The van der Waals surface area contributed by atoms with Gasteiger partial charge in [-0.2, -0.15) is 0 Å². The standard InChI is InChI=1S/C26H40N4Si2/c1-31(2,3)29-25(21-15-9-7-10-16-21)27-23-19-13-14-20-24(23)28-26(30-32(4,5)6)22-17-11-8-12-18-22/h7-12,15-18,23-24H,13-14,19-20H2,1-6H3,(H,27,29)(H,28,30)/t23-,24-/m1/s1. The van der Waals surface area contributed by atoms with E-state index in [0.717, 1.165) is 24.5 Å². The Hall–Kier alpha value is -2.19. The summed E-state index contributed by atoms with van der Waals surface area (Å²) in [6.07, 6.45) is 4.62. The molecule has 2 aromatic carbocycles. The van der Waals surface area contributed by atoms with Crippen LogP contribution in [-0.2, 0) is 0 Å². The van der Waals surface area contributed by atoms with Crippen molar-refractivity contribution in [1.82, 2.24) is 9.96 Å². The molecule has 1 aliphatic carbocycles. The van der Waals surface area contributed by atoms with Gasteiger partial charge in [-0.25, -0.2) is 0 Å². The number of aliphatic imine (C=N–C) groups is 2. The van der Waals surface area contributed by atoms with Crippen molar-refractivity contribution in [2.24, 2.45) is 9.98 Å². The Balaban J connectivity index is 1.98. The molecular formula is C26H40N4Si2. The summed E-state index contributed by atoms with van der Waals surface area (Å²) < 4.78 is 0. The molecular weight excluding hydrogens is 424 g/mol. The van der Waals surface area contributed by atoms with E-state index in [1.165, 1.54) is 24.0 Å². The molecule has 6 heteroatoms. The van der Waals surface area contributed by atoms with Gasteiger partial charge in [-0.05, 0) is 12.8 Å². The first-order valence-corrected chi connectivity index (χ1v) is 18.9. The highest BCUT2D eigenvalue weighted by Crippen LogP contribution is 2.25. The van der Waals surface area contributed by atoms with Crippen LogP contribution in [0.2, 0.25) is 39.3 Å². The van der Waals surface area contributed by atoms with E-state index >= 15 is 0 Å². The van der Waals surface area contributed by atoms with Crippen molar-refractivity contribution in [3.05, 3.63) is 71.8 Å². The predicted molar refractivity (Wildman–Crippen MR) is 145 cm³/mol. The first-order valence-electron chi connectivity index (χ1n) is 11.9. The second-order valence-corrected chi connectivity index (χ2v) is 20.4. The fourth-order valence-electron chi connectivity index (χ4n) is 3.98. The van der Waals surface area contributed by atoms with Gasteiger partial charge in [0.1, 0.15) is 28.1 Å². The second kappa shape index (κ2) is 10.6. The average molecular weight is 465 g/mol. The van der Waals surface area contributed by atoms with Crippen LogP contribution in [0.4, 0.5) is 0 Å². The van der Waals surface area contributed by atoms with E-state index in [-0.39, 0.29) is 12.1 Å². The van der Waals surface area contributed by atoms with Gasteiger partial charge in [0, 0.05) is 11.1 Å². The van der Waals surface area contributed by atoms with Crippen LogP contribution in [0.5, 0.6) is 0 Å². The molecule has 2 atom stereocenters. The van der Waals surface area contributed by atoms with Crippen molar-refractivity contribution in [1.29, 1.82) is 0 Å². The van der Waals surface area contributed by atoms with Gasteiger partial charge in [0.15, 0.2) is 0 Å². The molecule has 0 saturated heterocycles. The molecule has 0 radical (unpaired) electrons. The van der Waals surface area contributed by atoms with E-state index in [1.54, 1.807) is 0 Å². The summed E-state index contributed by atoms with van der Waals surface area (Å²) in [7, 11) is -3.10. The van der Waals surface area contributed by atoms with Crippen molar-refractivity contribution in [3.63, 3.8) is 0 Å². The van der Waals surface area contributed by atoms with Crippen LogP contribution in [-0.4, -0.2) is 40.2 Å². The van der Waals surface area contributed by atoms with Crippen molar-refractivity contribution in [3.8, 4) is 0 Å². The van der Waals surface area contributed by atoms with Gasteiger partial charge in [0.2, 0.25) is 0 Å². The maximum atomic E-state index is 5.33. The lowest BCUT2D eigenvalue weighted by atomic mass is 9.91. The largest absolute Gasteiger partial charge is 0.396 e. The van der Waals surface area contributed by atoms with Gasteiger partial charge in [0.25, 0.3) is 0 Å². The average Bonchev–Trinajstić information content (AvgIpc) is 2.73. The van der Waals surface area contributed by atoms with Gasteiger partial charge in [-0.1, -0.05) is 113 Å². The first kappa shape index (κ1) is 24.5. The molecule has 0 unspecified atom stereocenters. The Kier molecular flexibility index (Phi) is 8.12. The summed E-state index contributed by atoms with van der Waals surface area (Å²) in [5.74, 6) is 2.08. The second-order valence-electron chi connectivity index (χ2n) is 10.9. The monoisotopic (exact) mass is 464 g/mol. The molecule has 3 rings (SSSR count). The summed E-state index contributed by atoms with van der Waals surface area (Å²) in [5, 5.41) is 0. The highest BCUT2D eigenvalue weighted by Gasteiger charge is 2.28. The Labute approximate surface area is 196 Å². The minimum atomic E-state index is -1.55. The lowest BCUT2D eigenvalue weighted by Gasteiger charge is -2.30. The fourth-order valence-corrected chi connectivity index (χ4v) is 5.82. The molecule has 4 nitrogen and oxygen atoms in total. The molecule has 0 aromatic heterocycles. The SMILES string of the molecule is C[Si](C)(C)NC(=N[C@@H]1CCCC[C@H]1N=C(N[Si](C)(C)C)c1ccccc1)c1ccccc1. The molecule has 0 amide bonds. The Morgan fingerprint density at radius 2 is 0.969 bits per heavy atom. The Bertz CT molecular complexity index is 835. The molecule has 1 saturated carbocycles. The first-order chi connectivity index (χ1) is 15.1. The third-order valence-corrected chi connectivity index (χ3v) is 7.34. The van der Waals surface area contributed by atoms with Crippen LogP contribution in [0, 0.1) is 0 Å². The number of hydrogen-bond acceptors (Lipinski definition) is 2. The molecule has 32 heavy (non-hydrogen) atoms. The fraction of sp³-hybridized carbons (Fsp3) is 0.462. The van der Waals surface area contributed by atoms with Crippen molar-refractivity contribution < 1.29 is 0 Å². The van der Waals surface area contributed by atoms with Gasteiger partial charge in [-0.15, -0.1) is 0 Å². The summed E-state index contributed by atoms with van der Waals surface area (Å²) in [6, 6.07) is 21.6. The third-order valence-electron chi connectivity index (χ3n) is 5.37. The van der Waals surface area contributed by atoms with Crippen molar-refractivity contribution in [2.45, 2.75) is 77.0 Å². The lowest BCUT2D eigenvalue weighted by molar-refractivity contribution is 0.388. The lowest BCUT2D eigenvalue weighted by Crippen LogP contribution is -2.47. The number of nitrogens with one attached hydrogen (secondary N) is 2. The molecule has 2 aromatic rings. The quantitative estimate of drug-likeness (QED) is 0.311. The Morgan fingerprint density at radius 3 is 1.28 bits per heavy atom. The third kappa shape index (κ3) is 7.74. The van der Waals surface area contributed by atoms with E-state index in [0.29, 0.717) is 0 Å². The normalized spacial score (nSPS) is 20.7. The summed E-state index contributed by atoms with van der Waals surface area (Å²) in [4.78, 5) is 18.3. The highest BCUT2D eigenvalue weighted by molar-refractivity contribution is 6.76. The molecule has 1 aliphatic rings. The summed E-state index contributed by atoms with van der Waals surface area (Å²) >= 11 is 0. The minimum absolute atomic E-state index is 0.199. The molecule has 0 heterocycles. The maximum Gasteiger partial charge on any atom is 0.145 e. The molecule has 2 N–H and O–H groups in total. The minimum Gasteiger partial charge on any atom is -0.396 e. The number of amidine groups is 2. The number of hydrogen-bond donors (Lipinski definition) is 2. The van der Waals surface area contributed by atoms with E-state index in [1.807, 2.05) is 0 Å². The molecule has 172 valence electrons. The topological polar surface area (TPSA) is 48.8 Å². The highest BCUT2D eigenvalue weighted by atomic mass is 28.3. The van der Waals surface area contributed by atoms with Crippen LogP contribution in [0.25, 0.3) is 0 Å². The number of nitrogens with zero attached hydrogens (tertiary/aromatic N) is 2. The van der Waals surface area contributed by atoms with Crippen LogP contribution in [0.3, 0.4) is 0 Å². The number of rotatable bonds is 6. The van der Waals surface area contributed by atoms with E-state index in [2.05, 4.69) is 110 Å². The van der Waals surface area contributed by atoms with Gasteiger partial charge in [-0.3, -0.25) is 9.98 Å². The van der Waals surface area contributed by atoms with Gasteiger partial charge in [0.05, 0.1) is 12.1 Å². The smallest absolute Gasteiger partial charge is 0.145 e. The molecule has 0 spiro atoms. The molecule has 1 fully saturated rings. The van der Waals surface area contributed by atoms with Crippen molar-refractivity contribution in [2.75, 3.05) is 0 Å². The van der Waals surface area contributed by atoms with Crippen LogP contribution < -0.4 is 9.96 Å². The van der Waals surface area contributed by atoms with E-state index < -0.39 is 16.5 Å². The zero-order valence-corrected chi connectivity index (χ0v) is 22.7. The van der Waals surface area contributed by atoms with Crippen LogP contribution >= 0.6 is 0 Å². The summed E-state index contributed by atoms with van der Waals surface area (Å²) in [5.41, 5.74) is 2.35. The van der Waals surface area contributed by atoms with Crippen molar-refractivity contribution >= 4 is 28.1 Å². The van der Waals surface area contributed by atoms with Crippen LogP contribution in [0.15, 0.2) is 70.6 Å². The van der Waals surface area contributed by atoms with Gasteiger partial charge < -0.3 is 9.96 Å². The predicted octanol–water partition coefficient (Wildman–Crippen LogP) is 6.04.